The van der Waals surface area contributed by atoms with Crippen LogP contribution < -0.4 is 0 Å². The van der Waals surface area contributed by atoms with Crippen LogP contribution in [0.4, 0.5) is 0 Å². The molecule has 1 aliphatic carbocycles. The Balaban J connectivity index is 2.73. The fraction of sp³-hybridized carbons (Fsp3) is 0.951. The van der Waals surface area contributed by atoms with Crippen molar-refractivity contribution in [3.63, 3.8) is 0 Å². The molecular weight excluding hydrogens is 921 g/mol. The zero-order chi connectivity index (χ0) is 47.9. The van der Waals surface area contributed by atoms with Crippen LogP contribution in [-0.4, -0.2) is 113 Å². The van der Waals surface area contributed by atoms with Crippen molar-refractivity contribution < 1.29 is 90.6 Å². The van der Waals surface area contributed by atoms with Crippen molar-refractivity contribution in [1.82, 2.24) is 0 Å². The Morgan fingerprint density at radius 2 is 0.844 bits per heavy atom. The van der Waals surface area contributed by atoms with Crippen LogP contribution in [0.25, 0.3) is 0 Å². The van der Waals surface area contributed by atoms with Crippen LogP contribution in [0.2, 0.25) is 0 Å². The maximum absolute atomic E-state index is 13.1. The Hall–Kier alpha value is -0.500. The number of esters is 2. The summed E-state index contributed by atoms with van der Waals surface area (Å²) >= 11 is 4.24. The first-order valence-electron chi connectivity index (χ1n) is 23.4. The Kier molecular flexibility index (Phi) is 34.2. The van der Waals surface area contributed by atoms with Crippen molar-refractivity contribution in [3.8, 4) is 0 Å². The number of aliphatic hydroxyl groups is 3. The topological polar surface area (TPSA) is 303 Å². The van der Waals surface area contributed by atoms with Crippen LogP contribution in [0.3, 0.4) is 0 Å². The highest BCUT2D eigenvalue weighted by Crippen LogP contribution is 2.51. The van der Waals surface area contributed by atoms with Gasteiger partial charge in [0.15, 0.2) is 6.10 Å². The molecule has 1 fully saturated rings. The molecule has 19 nitrogen and oxygen atoms in total. The number of hydrogen-bond acceptors (Lipinski definition) is 15. The maximum Gasteiger partial charge on any atom is 0.472 e. The molecule has 0 aromatic heterocycles. The van der Waals surface area contributed by atoms with E-state index < -0.39 is 91.3 Å². The summed E-state index contributed by atoms with van der Waals surface area (Å²) in [6.45, 7) is 0.730. The summed E-state index contributed by atoms with van der Waals surface area (Å²) in [5.41, 5.74) is 0. The number of carbonyl (C=O) groups is 2. The van der Waals surface area contributed by atoms with Crippen molar-refractivity contribution in [2.75, 3.05) is 19.0 Å². The molecule has 0 amide bonds. The van der Waals surface area contributed by atoms with Crippen molar-refractivity contribution in [1.29, 1.82) is 0 Å². The number of phosphoric acid groups is 3. The minimum absolute atomic E-state index is 0.00334. The van der Waals surface area contributed by atoms with E-state index in [0.29, 0.717) is 12.8 Å². The van der Waals surface area contributed by atoms with E-state index in [9.17, 15) is 63.1 Å². The third kappa shape index (κ3) is 31.5. The fourth-order valence-corrected chi connectivity index (χ4v) is 9.77. The molecule has 1 saturated carbocycles. The van der Waals surface area contributed by atoms with E-state index in [1.807, 2.05) is 0 Å². The summed E-state index contributed by atoms with van der Waals surface area (Å²) in [5.74, 6) is -0.345. The van der Waals surface area contributed by atoms with Crippen LogP contribution in [0.5, 0.6) is 0 Å². The van der Waals surface area contributed by atoms with E-state index in [2.05, 4.69) is 28.6 Å². The molecular formula is C41H81O19P3S. The van der Waals surface area contributed by atoms with Gasteiger partial charge in [-0.15, -0.1) is 0 Å². The van der Waals surface area contributed by atoms with E-state index in [-0.39, 0.29) is 12.8 Å². The number of ether oxygens (including phenoxy) is 2. The van der Waals surface area contributed by atoms with Gasteiger partial charge in [-0.05, 0) is 25.0 Å². The molecule has 23 heteroatoms. The largest absolute Gasteiger partial charge is 0.472 e. The average molecular weight is 1000 g/mol. The molecule has 0 aromatic rings. The van der Waals surface area contributed by atoms with Crippen LogP contribution in [0.1, 0.15) is 187 Å². The number of aliphatic hydroxyl groups excluding tert-OH is 3. The number of unbranched alkanes of at least 4 members (excludes halogenated alkanes) is 24. The molecule has 64 heavy (non-hydrogen) atoms. The molecule has 0 spiro atoms. The van der Waals surface area contributed by atoms with E-state index in [0.717, 1.165) is 57.1 Å². The van der Waals surface area contributed by atoms with Crippen molar-refractivity contribution >= 4 is 48.0 Å². The van der Waals surface area contributed by atoms with Crippen LogP contribution in [0, 0.1) is 0 Å². The van der Waals surface area contributed by atoms with Crippen LogP contribution >= 0.6 is 36.1 Å². The molecule has 0 aromatic carbocycles. The quantitative estimate of drug-likeness (QED) is 0.0122. The molecule has 4 unspecified atom stereocenters. The second kappa shape index (κ2) is 35.6. The predicted molar refractivity (Wildman–Crippen MR) is 242 cm³/mol. The van der Waals surface area contributed by atoms with Gasteiger partial charge >= 0.3 is 35.4 Å². The van der Waals surface area contributed by atoms with E-state index in [4.69, 9.17) is 18.5 Å². The molecule has 1 rings (SSSR count). The third-order valence-electron chi connectivity index (χ3n) is 11.0. The molecule has 0 bridgehead atoms. The van der Waals surface area contributed by atoms with Gasteiger partial charge in [-0.1, -0.05) is 155 Å². The standard InChI is InChI=1S/C41H81O19P3S/c1-2-3-4-5-6-7-8-10-14-17-20-23-26-29-35(43)57-33(31-55-34(42)28-25-22-19-16-13-11-9-12-15-18-21-24-27-30-64)32-56-63(53,54)60-39-36(44)37(45)40(58-61(47,48)49)41(38(39)46)59-62(50,51)52/h33,36-41,44-46,64H,2-32H2,1H3,(H,53,54)(H2,47,48,49)(H2,50,51,52)/t33-,36-,37+,38?,39?,40?,41-/m1/s1. The monoisotopic (exact) mass is 1000 g/mol. The lowest BCUT2D eigenvalue weighted by Gasteiger charge is -2.44. The summed E-state index contributed by atoms with van der Waals surface area (Å²) in [6, 6.07) is 0. The molecule has 380 valence electrons. The Morgan fingerprint density at radius 1 is 0.484 bits per heavy atom. The molecule has 0 radical (unpaired) electrons. The summed E-state index contributed by atoms with van der Waals surface area (Å²) in [4.78, 5) is 73.1. The second-order valence-corrected chi connectivity index (χ2v) is 21.0. The zero-order valence-electron chi connectivity index (χ0n) is 37.8. The third-order valence-corrected chi connectivity index (χ3v) is 13.3. The number of rotatable bonds is 41. The average Bonchev–Trinajstić information content (AvgIpc) is 3.22. The van der Waals surface area contributed by atoms with E-state index in [1.165, 1.54) is 103 Å². The lowest BCUT2D eigenvalue weighted by atomic mass is 9.85. The normalized spacial score (nSPS) is 22.0. The van der Waals surface area contributed by atoms with Crippen molar-refractivity contribution in [2.45, 2.75) is 229 Å². The summed E-state index contributed by atoms with van der Waals surface area (Å²) in [5, 5.41) is 31.8. The SMILES string of the molecule is CCCCCCCCCCCCCCCC(=O)O[C@H](COC(=O)CCCCCCCCCCCCCCCS)COP(=O)(O)OC1C(O)[C@@H](OP(=O)(O)O)C(OP(=O)(O)O)[C@@H](O)[C@H]1O. The fourth-order valence-electron chi connectivity index (χ4n) is 7.45. The maximum atomic E-state index is 13.1. The minimum atomic E-state index is -5.60. The predicted octanol–water partition coefficient (Wildman–Crippen LogP) is 7.87. The van der Waals surface area contributed by atoms with Gasteiger partial charge in [0, 0.05) is 12.8 Å². The highest BCUT2D eigenvalue weighted by Gasteiger charge is 2.56. The highest BCUT2D eigenvalue weighted by atomic mass is 32.1. The molecule has 8 atom stereocenters. The second-order valence-electron chi connectivity index (χ2n) is 16.8. The molecule has 1 aliphatic rings. The Labute approximate surface area is 385 Å². The molecule has 8 N–H and O–H groups in total. The summed E-state index contributed by atoms with van der Waals surface area (Å²) in [6.07, 6.45) is 12.4. The number of thiol groups is 1. The number of phosphoric ester groups is 3. The summed E-state index contributed by atoms with van der Waals surface area (Å²) in [7, 11) is -16.6. The Morgan fingerprint density at radius 3 is 1.25 bits per heavy atom. The van der Waals surface area contributed by atoms with Gasteiger partial charge in [0.2, 0.25) is 0 Å². The van der Waals surface area contributed by atoms with Gasteiger partial charge in [-0.3, -0.25) is 27.7 Å². The number of hydrogen-bond donors (Lipinski definition) is 9. The van der Waals surface area contributed by atoms with Gasteiger partial charge in [0.05, 0.1) is 6.61 Å². The van der Waals surface area contributed by atoms with Crippen LogP contribution in [0.15, 0.2) is 0 Å². The van der Waals surface area contributed by atoms with E-state index >= 15 is 0 Å². The summed E-state index contributed by atoms with van der Waals surface area (Å²) < 4.78 is 65.4. The van der Waals surface area contributed by atoms with Crippen LogP contribution in [-0.2, 0) is 50.9 Å². The lowest BCUT2D eigenvalue weighted by Crippen LogP contribution is -2.65. The first-order chi connectivity index (χ1) is 30.3. The Bertz CT molecular complexity index is 1370. The molecule has 0 saturated heterocycles. The first-order valence-corrected chi connectivity index (χ1v) is 28.6. The van der Waals surface area contributed by atoms with Gasteiger partial charge in [0.25, 0.3) is 0 Å². The van der Waals surface area contributed by atoms with Gasteiger partial charge in [0.1, 0.15) is 43.2 Å². The first kappa shape index (κ1) is 61.5. The lowest BCUT2D eigenvalue weighted by molar-refractivity contribution is -0.213. The molecule has 0 aliphatic heterocycles. The van der Waals surface area contributed by atoms with Gasteiger partial charge in [-0.2, -0.15) is 12.6 Å². The van der Waals surface area contributed by atoms with Crippen molar-refractivity contribution in [3.05, 3.63) is 0 Å². The van der Waals surface area contributed by atoms with Gasteiger partial charge < -0.3 is 49.3 Å². The minimum Gasteiger partial charge on any atom is -0.462 e. The number of carbonyl (C=O) groups excluding carboxylic acids is 2. The highest BCUT2D eigenvalue weighted by molar-refractivity contribution is 7.80. The zero-order valence-corrected chi connectivity index (χ0v) is 41.4. The smallest absolute Gasteiger partial charge is 0.462 e. The van der Waals surface area contributed by atoms with Gasteiger partial charge in [-0.25, -0.2) is 13.7 Å². The van der Waals surface area contributed by atoms with Crippen molar-refractivity contribution in [2.24, 2.45) is 0 Å². The molecule has 0 heterocycles. The van der Waals surface area contributed by atoms with E-state index in [1.54, 1.807) is 0 Å².